The van der Waals surface area contributed by atoms with Crippen LogP contribution in [0.2, 0.25) is 5.02 Å². The van der Waals surface area contributed by atoms with E-state index in [1.807, 2.05) is 12.1 Å². The topological polar surface area (TPSA) is 65.4 Å². The third-order valence-corrected chi connectivity index (χ3v) is 6.23. The van der Waals surface area contributed by atoms with Gasteiger partial charge < -0.3 is 14.8 Å². The number of nitrogens with zero attached hydrogens (tertiary/aromatic N) is 2. The summed E-state index contributed by atoms with van der Waals surface area (Å²) in [5, 5.41) is 7.95. The average Bonchev–Trinajstić information content (AvgIpc) is 3.08. The van der Waals surface area contributed by atoms with Gasteiger partial charge in [-0.3, -0.25) is 4.79 Å². The molecule has 2 aromatic carbocycles. The first-order valence-electron chi connectivity index (χ1n) is 8.01. The Morgan fingerprint density at radius 3 is 2.68 bits per heavy atom. The van der Waals surface area contributed by atoms with Gasteiger partial charge in [0, 0.05) is 11.1 Å². The predicted molar refractivity (Wildman–Crippen MR) is 116 cm³/mol. The van der Waals surface area contributed by atoms with Crippen LogP contribution >= 0.6 is 46.9 Å². The number of rotatable bonds is 7. The second kappa shape index (κ2) is 9.42. The van der Waals surface area contributed by atoms with E-state index in [4.69, 9.17) is 33.3 Å². The van der Waals surface area contributed by atoms with Crippen molar-refractivity contribution in [1.82, 2.24) is 9.78 Å². The number of carbonyl (C=O) groups is 1. The Morgan fingerprint density at radius 1 is 1.25 bits per heavy atom. The van der Waals surface area contributed by atoms with Crippen LogP contribution in [0.3, 0.4) is 0 Å². The SMILES string of the molecule is COc1ccc(NC(=O)CSc2nn(-c3ccc(Cl)cc3)c(=S)s2)c(OC)c1. The van der Waals surface area contributed by atoms with Gasteiger partial charge in [-0.15, -0.1) is 5.10 Å². The molecular weight excluding hydrogens is 438 g/mol. The quantitative estimate of drug-likeness (QED) is 0.398. The van der Waals surface area contributed by atoms with Crippen molar-refractivity contribution in [1.29, 1.82) is 0 Å². The van der Waals surface area contributed by atoms with Crippen LogP contribution in [-0.4, -0.2) is 35.7 Å². The number of nitrogens with one attached hydrogen (secondary N) is 1. The lowest BCUT2D eigenvalue weighted by molar-refractivity contribution is -0.113. The van der Waals surface area contributed by atoms with Gasteiger partial charge in [-0.1, -0.05) is 34.7 Å². The number of amides is 1. The van der Waals surface area contributed by atoms with Crippen molar-refractivity contribution >= 4 is 58.5 Å². The van der Waals surface area contributed by atoms with Gasteiger partial charge in [-0.05, 0) is 48.6 Å². The van der Waals surface area contributed by atoms with Gasteiger partial charge in [0.05, 0.1) is 31.3 Å². The molecule has 0 radical (unpaired) electrons. The number of halogens is 1. The van der Waals surface area contributed by atoms with Crippen molar-refractivity contribution in [3.05, 3.63) is 51.4 Å². The van der Waals surface area contributed by atoms with E-state index >= 15 is 0 Å². The van der Waals surface area contributed by atoms with Gasteiger partial charge in [0.2, 0.25) is 5.91 Å². The zero-order valence-corrected chi connectivity index (χ0v) is 18.2. The fourth-order valence-corrected chi connectivity index (χ4v) is 4.57. The maximum Gasteiger partial charge on any atom is 0.234 e. The zero-order chi connectivity index (χ0) is 20.1. The molecule has 0 saturated heterocycles. The molecule has 1 heterocycles. The third-order valence-electron chi connectivity index (χ3n) is 3.61. The molecule has 0 saturated carbocycles. The van der Waals surface area contributed by atoms with Crippen molar-refractivity contribution in [2.45, 2.75) is 4.34 Å². The molecule has 1 amide bonds. The summed E-state index contributed by atoms with van der Waals surface area (Å²) in [6, 6.07) is 12.4. The molecule has 0 spiro atoms. The summed E-state index contributed by atoms with van der Waals surface area (Å²) in [5.74, 6) is 1.20. The molecular formula is C18H16ClN3O3S3. The number of benzene rings is 2. The van der Waals surface area contributed by atoms with Crippen LogP contribution in [0.5, 0.6) is 11.5 Å². The van der Waals surface area contributed by atoms with Crippen molar-refractivity contribution in [3.63, 3.8) is 0 Å². The molecule has 0 atom stereocenters. The summed E-state index contributed by atoms with van der Waals surface area (Å²) in [4.78, 5) is 12.3. The van der Waals surface area contributed by atoms with Crippen molar-refractivity contribution in [3.8, 4) is 17.2 Å². The van der Waals surface area contributed by atoms with Crippen LogP contribution in [0.15, 0.2) is 46.8 Å². The molecule has 0 aliphatic carbocycles. The molecule has 28 heavy (non-hydrogen) atoms. The minimum atomic E-state index is -0.173. The second-order valence-corrected chi connectivity index (χ2v) is 8.71. The predicted octanol–water partition coefficient (Wildman–Crippen LogP) is 5.06. The number of anilines is 1. The largest absolute Gasteiger partial charge is 0.497 e. The molecule has 3 rings (SSSR count). The Balaban J connectivity index is 1.65. The van der Waals surface area contributed by atoms with Crippen molar-refractivity contribution in [2.75, 3.05) is 25.3 Å². The number of aromatic nitrogens is 2. The molecule has 10 heteroatoms. The Labute approximate surface area is 180 Å². The number of ether oxygens (including phenoxy) is 2. The summed E-state index contributed by atoms with van der Waals surface area (Å²) in [6.45, 7) is 0. The van der Waals surface area contributed by atoms with E-state index in [1.165, 1.54) is 30.2 Å². The van der Waals surface area contributed by atoms with Crippen LogP contribution < -0.4 is 14.8 Å². The van der Waals surface area contributed by atoms with Crippen LogP contribution in [-0.2, 0) is 4.79 Å². The summed E-state index contributed by atoms with van der Waals surface area (Å²) >= 11 is 14.0. The van der Waals surface area contributed by atoms with Gasteiger partial charge in [0.25, 0.3) is 0 Å². The van der Waals surface area contributed by atoms with E-state index < -0.39 is 0 Å². The number of methoxy groups -OCH3 is 2. The molecule has 3 aromatic rings. The monoisotopic (exact) mass is 453 g/mol. The lowest BCUT2D eigenvalue weighted by Gasteiger charge is -2.11. The molecule has 1 N–H and O–H groups in total. The highest BCUT2D eigenvalue weighted by atomic mass is 35.5. The maximum absolute atomic E-state index is 12.3. The van der Waals surface area contributed by atoms with Crippen molar-refractivity contribution in [2.24, 2.45) is 0 Å². The van der Waals surface area contributed by atoms with Gasteiger partial charge in [-0.2, -0.15) is 0 Å². The second-order valence-electron chi connectivity index (χ2n) is 5.43. The first kappa shape index (κ1) is 20.7. The lowest BCUT2D eigenvalue weighted by atomic mass is 10.2. The molecule has 146 valence electrons. The van der Waals surface area contributed by atoms with Gasteiger partial charge in [0.1, 0.15) is 11.5 Å². The highest BCUT2D eigenvalue weighted by Crippen LogP contribution is 2.30. The Morgan fingerprint density at radius 2 is 2.00 bits per heavy atom. The minimum Gasteiger partial charge on any atom is -0.497 e. The Kier molecular flexibility index (Phi) is 6.95. The number of thioether (sulfide) groups is 1. The molecule has 0 aliphatic heterocycles. The number of carbonyl (C=O) groups excluding carboxylic acids is 1. The molecule has 0 unspecified atom stereocenters. The van der Waals surface area contributed by atoms with Gasteiger partial charge in [-0.25, -0.2) is 4.68 Å². The van der Waals surface area contributed by atoms with E-state index in [1.54, 1.807) is 42.1 Å². The highest BCUT2D eigenvalue weighted by Gasteiger charge is 2.12. The highest BCUT2D eigenvalue weighted by molar-refractivity contribution is 8.01. The van der Waals surface area contributed by atoms with Crippen molar-refractivity contribution < 1.29 is 14.3 Å². The van der Waals surface area contributed by atoms with E-state index in [9.17, 15) is 4.79 Å². The Hall–Kier alpha value is -2.07. The standard InChI is InChI=1S/C18H16ClN3O3S3/c1-24-13-7-8-14(15(9-13)25-2)20-16(23)10-27-17-21-22(18(26)28-17)12-5-3-11(19)4-6-12/h3-9H,10H2,1-2H3,(H,20,23). The summed E-state index contributed by atoms with van der Waals surface area (Å²) in [7, 11) is 3.11. The lowest BCUT2D eigenvalue weighted by Crippen LogP contribution is -2.14. The van der Waals surface area contributed by atoms with E-state index in [0.717, 1.165) is 5.69 Å². The molecule has 0 bridgehead atoms. The fourth-order valence-electron chi connectivity index (χ4n) is 2.28. The van der Waals surface area contributed by atoms with Crippen LogP contribution in [0.1, 0.15) is 0 Å². The van der Waals surface area contributed by atoms with Gasteiger partial charge >= 0.3 is 0 Å². The molecule has 1 aromatic heterocycles. The van der Waals surface area contributed by atoms with Gasteiger partial charge in [0.15, 0.2) is 8.29 Å². The van der Waals surface area contributed by atoms with E-state index in [0.29, 0.717) is 30.5 Å². The molecule has 6 nitrogen and oxygen atoms in total. The minimum absolute atomic E-state index is 0.173. The fraction of sp³-hybridized carbons (Fsp3) is 0.167. The molecule has 0 fully saturated rings. The first-order chi connectivity index (χ1) is 13.5. The average molecular weight is 454 g/mol. The normalized spacial score (nSPS) is 10.5. The summed E-state index contributed by atoms with van der Waals surface area (Å²) in [5.41, 5.74) is 1.40. The van der Waals surface area contributed by atoms with Crippen LogP contribution in [0, 0.1) is 3.95 Å². The van der Waals surface area contributed by atoms with Crippen LogP contribution in [0.25, 0.3) is 5.69 Å². The van der Waals surface area contributed by atoms with E-state index in [2.05, 4.69) is 10.4 Å². The molecule has 0 aliphatic rings. The third kappa shape index (κ3) is 5.05. The van der Waals surface area contributed by atoms with E-state index in [-0.39, 0.29) is 11.7 Å². The van der Waals surface area contributed by atoms with Crippen LogP contribution in [0.4, 0.5) is 5.69 Å². The number of hydrogen-bond acceptors (Lipinski definition) is 7. The summed E-state index contributed by atoms with van der Waals surface area (Å²) < 4.78 is 13.4. The Bertz CT molecular complexity index is 1030. The smallest absolute Gasteiger partial charge is 0.234 e. The maximum atomic E-state index is 12.3. The first-order valence-corrected chi connectivity index (χ1v) is 10.6. The zero-order valence-electron chi connectivity index (χ0n) is 15.0. The number of hydrogen-bond donors (Lipinski definition) is 1. The summed E-state index contributed by atoms with van der Waals surface area (Å²) in [6.07, 6.45) is 0.